The van der Waals surface area contributed by atoms with Crippen molar-refractivity contribution < 1.29 is 28.8 Å². The van der Waals surface area contributed by atoms with E-state index in [4.69, 9.17) is 41.4 Å². The van der Waals surface area contributed by atoms with Gasteiger partial charge < -0.3 is 35.1 Å². The fourth-order valence-electron chi connectivity index (χ4n) is 3.58. The zero-order chi connectivity index (χ0) is 22.6. The number of hydrogen-bond acceptors (Lipinski definition) is 11. The summed E-state index contributed by atoms with van der Waals surface area (Å²) in [5.41, 5.74) is 6.37. The normalized spacial score (nSPS) is 26.6. The highest BCUT2D eigenvalue weighted by molar-refractivity contribution is 7.99. The average Bonchev–Trinajstić information content (AvgIpc) is 3.20. The van der Waals surface area contributed by atoms with Crippen LogP contribution in [0.25, 0.3) is 0 Å². The molecule has 1 aromatic rings. The molecule has 2 fully saturated rings. The number of nitrogen functional groups attached to an aromatic ring is 1. The van der Waals surface area contributed by atoms with Gasteiger partial charge in [-0.3, -0.25) is 0 Å². The number of hydrogen-bond donors (Lipinski definition) is 3. The summed E-state index contributed by atoms with van der Waals surface area (Å²) >= 11 is 7.72. The van der Waals surface area contributed by atoms with Gasteiger partial charge in [-0.1, -0.05) is 30.3 Å². The number of aromatic nitrogens is 2. The number of fused-ring (bicyclic) bond motifs is 1. The van der Waals surface area contributed by atoms with Gasteiger partial charge in [-0.25, -0.2) is 14.8 Å². The maximum absolute atomic E-state index is 11.8. The second-order valence-electron chi connectivity index (χ2n) is 7.75. The number of rotatable bonds is 10. The molecule has 3 rings (SSSR count). The Labute approximate surface area is 190 Å². The van der Waals surface area contributed by atoms with E-state index >= 15 is 0 Å². The number of nitrogens with two attached hydrogens (primary N) is 1. The van der Waals surface area contributed by atoms with E-state index < -0.39 is 17.9 Å². The molecule has 31 heavy (non-hydrogen) atoms. The Morgan fingerprint density at radius 2 is 2.13 bits per heavy atom. The summed E-state index contributed by atoms with van der Waals surface area (Å²) in [5.74, 6) is -0.0595. The fourth-order valence-corrected chi connectivity index (χ4v) is 4.50. The third-order valence-corrected chi connectivity index (χ3v) is 6.16. The summed E-state index contributed by atoms with van der Waals surface area (Å²) in [6.45, 7) is 5.17. The number of aliphatic hydroxyl groups is 1. The molecule has 12 heteroatoms. The maximum Gasteiger partial charge on any atom is 0.332 e. The van der Waals surface area contributed by atoms with Crippen LogP contribution in [0.4, 0.5) is 11.5 Å². The van der Waals surface area contributed by atoms with Gasteiger partial charge in [-0.2, -0.15) is 0 Å². The smallest absolute Gasteiger partial charge is 0.332 e. The second-order valence-corrected chi connectivity index (χ2v) is 9.17. The number of carbonyl (C=O) groups excluding carboxylic acids is 1. The number of nitrogens with one attached hydrogen (secondary N) is 1. The molecule has 0 unspecified atom stereocenters. The third-order valence-electron chi connectivity index (χ3n) is 4.82. The summed E-state index contributed by atoms with van der Waals surface area (Å²) in [6, 6.07) is -0.234. The van der Waals surface area contributed by atoms with Gasteiger partial charge >= 0.3 is 5.97 Å². The molecule has 0 radical (unpaired) electrons. The molecule has 0 bridgehead atoms. The van der Waals surface area contributed by atoms with Gasteiger partial charge in [0.15, 0.2) is 21.9 Å². The Bertz CT molecular complexity index is 786. The predicted molar refractivity (Wildman–Crippen MR) is 116 cm³/mol. The lowest BCUT2D eigenvalue weighted by Gasteiger charge is -2.24. The summed E-state index contributed by atoms with van der Waals surface area (Å²) in [4.78, 5) is 20.5. The highest BCUT2D eigenvalue weighted by Gasteiger charge is 2.55. The van der Waals surface area contributed by atoms with Crippen LogP contribution < -0.4 is 11.1 Å². The minimum Gasteiger partial charge on any atom is -0.462 e. The second kappa shape index (κ2) is 10.5. The molecule has 1 aliphatic heterocycles. The highest BCUT2D eigenvalue weighted by atomic mass is 35.5. The van der Waals surface area contributed by atoms with Gasteiger partial charge in [0.1, 0.15) is 31.1 Å². The molecule has 1 aliphatic carbocycles. The minimum absolute atomic E-state index is 0.0676. The molecule has 0 amide bonds. The van der Waals surface area contributed by atoms with E-state index in [0.717, 1.165) is 12.2 Å². The van der Waals surface area contributed by atoms with Crippen molar-refractivity contribution in [2.24, 2.45) is 0 Å². The van der Waals surface area contributed by atoms with Crippen LogP contribution in [0.1, 0.15) is 33.6 Å². The van der Waals surface area contributed by atoms with Crippen LogP contribution in [0.3, 0.4) is 0 Å². The van der Waals surface area contributed by atoms with Gasteiger partial charge in [0.25, 0.3) is 0 Å². The van der Waals surface area contributed by atoms with Crippen molar-refractivity contribution in [1.82, 2.24) is 9.97 Å². The van der Waals surface area contributed by atoms with Gasteiger partial charge in [-0.15, -0.1) is 0 Å². The third kappa shape index (κ3) is 6.11. The van der Waals surface area contributed by atoms with Crippen LogP contribution in [0.15, 0.2) is 5.16 Å². The maximum atomic E-state index is 11.8. The Morgan fingerprint density at radius 1 is 1.39 bits per heavy atom. The highest BCUT2D eigenvalue weighted by Crippen LogP contribution is 2.41. The van der Waals surface area contributed by atoms with Crippen LogP contribution in [0.5, 0.6) is 0 Å². The van der Waals surface area contributed by atoms with Crippen molar-refractivity contribution in [3.63, 3.8) is 0 Å². The van der Waals surface area contributed by atoms with Crippen LogP contribution in [-0.4, -0.2) is 76.8 Å². The number of anilines is 2. The van der Waals surface area contributed by atoms with Crippen molar-refractivity contribution in [2.45, 2.75) is 68.9 Å². The molecule has 174 valence electrons. The first-order chi connectivity index (χ1) is 14.7. The number of halogens is 1. The molecule has 0 spiro atoms. The van der Waals surface area contributed by atoms with E-state index in [1.165, 1.54) is 11.8 Å². The van der Waals surface area contributed by atoms with E-state index in [2.05, 4.69) is 22.2 Å². The standard InChI is InChI=1S/C19H29ClN4O6S/c1-4-7-31-18-23-16(20)13(21)17(24-18)22-10-8-11(28-9-12(26)27-6-5-25)15-14(10)29-19(2,3)30-15/h10-11,14-15,25H,4-9,21H2,1-3H3,(H,22,23,24)/t10-,11+,14+,15-/m1/s1. The average molecular weight is 477 g/mol. The molecule has 4 N–H and O–H groups in total. The molecule has 2 heterocycles. The largest absolute Gasteiger partial charge is 0.462 e. The van der Waals surface area contributed by atoms with Crippen LogP contribution in [0, 0.1) is 0 Å². The van der Waals surface area contributed by atoms with E-state index in [0.29, 0.717) is 17.4 Å². The predicted octanol–water partition coefficient (Wildman–Crippen LogP) is 1.84. The Balaban J connectivity index is 1.72. The Hall–Kier alpha value is -1.37. The first-order valence-electron chi connectivity index (χ1n) is 10.2. The molecular formula is C19H29ClN4O6S. The number of aliphatic hydroxyl groups excluding tert-OH is 1. The van der Waals surface area contributed by atoms with Gasteiger partial charge in [0.2, 0.25) is 0 Å². The first kappa shape index (κ1) is 24.3. The lowest BCUT2D eigenvalue weighted by molar-refractivity contribution is -0.172. The number of thioether (sulfide) groups is 1. The van der Waals surface area contributed by atoms with Crippen LogP contribution >= 0.6 is 23.4 Å². The monoisotopic (exact) mass is 476 g/mol. The molecule has 2 aliphatic rings. The van der Waals surface area contributed by atoms with E-state index in [9.17, 15) is 4.79 Å². The van der Waals surface area contributed by atoms with Crippen molar-refractivity contribution in [3.05, 3.63) is 5.15 Å². The molecule has 4 atom stereocenters. The summed E-state index contributed by atoms with van der Waals surface area (Å²) in [7, 11) is 0. The van der Waals surface area contributed by atoms with Crippen molar-refractivity contribution in [2.75, 3.05) is 36.6 Å². The van der Waals surface area contributed by atoms with Crippen LogP contribution in [0.2, 0.25) is 5.15 Å². The Morgan fingerprint density at radius 3 is 2.84 bits per heavy atom. The zero-order valence-corrected chi connectivity index (χ0v) is 19.4. The molecule has 1 saturated heterocycles. The van der Waals surface area contributed by atoms with Crippen LogP contribution in [-0.2, 0) is 23.7 Å². The quantitative estimate of drug-likeness (QED) is 0.197. The van der Waals surface area contributed by atoms with E-state index in [1.54, 1.807) is 0 Å². The lowest BCUT2D eigenvalue weighted by atomic mass is 10.2. The van der Waals surface area contributed by atoms with Gasteiger partial charge in [0, 0.05) is 5.75 Å². The zero-order valence-electron chi connectivity index (χ0n) is 17.8. The first-order valence-corrected chi connectivity index (χ1v) is 11.6. The molecule has 1 aromatic heterocycles. The lowest BCUT2D eigenvalue weighted by Crippen LogP contribution is -2.35. The fraction of sp³-hybridized carbons (Fsp3) is 0.737. The molecule has 0 aromatic carbocycles. The van der Waals surface area contributed by atoms with Gasteiger partial charge in [0.05, 0.1) is 18.8 Å². The SMILES string of the molecule is CCCSc1nc(Cl)c(N)c(N[C@@H]2C[C@H](OCC(=O)OCCO)[C@H]3OC(C)(C)O[C@H]32)n1. The molecule has 1 saturated carbocycles. The number of esters is 1. The van der Waals surface area contributed by atoms with E-state index in [-0.39, 0.29) is 48.9 Å². The molecular weight excluding hydrogens is 448 g/mol. The molecule has 10 nitrogen and oxygen atoms in total. The van der Waals surface area contributed by atoms with Crippen molar-refractivity contribution in [1.29, 1.82) is 0 Å². The summed E-state index contributed by atoms with van der Waals surface area (Å²) < 4.78 is 22.7. The number of carbonyl (C=O) groups is 1. The Kier molecular flexibility index (Phi) is 8.22. The minimum atomic E-state index is -0.800. The van der Waals surface area contributed by atoms with E-state index in [1.807, 2.05) is 13.8 Å². The summed E-state index contributed by atoms with van der Waals surface area (Å²) in [5, 5.41) is 12.8. The van der Waals surface area contributed by atoms with Crippen molar-refractivity contribution in [3.8, 4) is 0 Å². The summed E-state index contributed by atoms with van der Waals surface area (Å²) in [6.07, 6.45) is 0.347. The number of ether oxygens (including phenoxy) is 4. The van der Waals surface area contributed by atoms with Gasteiger partial charge in [-0.05, 0) is 26.7 Å². The topological polar surface area (TPSA) is 138 Å². The number of nitrogens with zero attached hydrogens (tertiary/aromatic N) is 2. The van der Waals surface area contributed by atoms with Crippen molar-refractivity contribution >= 4 is 40.8 Å².